The van der Waals surface area contributed by atoms with Crippen LogP contribution in [-0.2, 0) is 9.84 Å². The third-order valence-electron chi connectivity index (χ3n) is 1.19. The SMILES string of the molecule is [O]C(=O)OCC(F)(F)C(F)(F)C(F)(F)F. The molecule has 0 N–H and O–H groups in total. The first-order valence-electron chi connectivity index (χ1n) is 3.08. The van der Waals surface area contributed by atoms with Crippen LogP contribution in [0.4, 0.5) is 35.5 Å². The van der Waals surface area contributed by atoms with Gasteiger partial charge in [0.05, 0.1) is 0 Å². The summed E-state index contributed by atoms with van der Waals surface area (Å²) < 4.78 is 85.4. The first-order valence-corrected chi connectivity index (χ1v) is 3.08. The third-order valence-corrected chi connectivity index (χ3v) is 1.19. The van der Waals surface area contributed by atoms with Gasteiger partial charge in [-0.25, -0.2) is 0 Å². The summed E-state index contributed by atoms with van der Waals surface area (Å²) in [4.78, 5) is 9.43. The van der Waals surface area contributed by atoms with Gasteiger partial charge in [0.25, 0.3) is 0 Å². The van der Waals surface area contributed by atoms with Crippen LogP contribution >= 0.6 is 0 Å². The molecule has 0 unspecified atom stereocenters. The zero-order valence-electron chi connectivity index (χ0n) is 6.58. The Bertz CT molecular complexity index is 246. The summed E-state index contributed by atoms with van der Waals surface area (Å²) >= 11 is 0. The average Bonchev–Trinajstić information content (AvgIpc) is 1.98. The Morgan fingerprint density at radius 1 is 1.00 bits per heavy atom. The van der Waals surface area contributed by atoms with Crippen LogP contribution in [0.2, 0.25) is 0 Å². The molecule has 0 rings (SSSR count). The van der Waals surface area contributed by atoms with Crippen molar-refractivity contribution in [3.8, 4) is 0 Å². The number of carbonyl (C=O) groups excluding carboxylic acids is 1. The van der Waals surface area contributed by atoms with Crippen LogP contribution in [0.25, 0.3) is 0 Å². The molecule has 1 radical (unpaired) electrons. The second-order valence-electron chi connectivity index (χ2n) is 2.32. The summed E-state index contributed by atoms with van der Waals surface area (Å²) in [6.45, 7) is -2.64. The summed E-state index contributed by atoms with van der Waals surface area (Å²) in [5, 5.41) is 9.43. The van der Waals surface area contributed by atoms with Gasteiger partial charge in [0.15, 0.2) is 6.61 Å². The molecule has 0 bridgehead atoms. The van der Waals surface area contributed by atoms with Crippen molar-refractivity contribution in [1.29, 1.82) is 0 Å². The molecular formula is C5H2F7O3. The fraction of sp³-hybridized carbons (Fsp3) is 0.800. The molecular weight excluding hydrogens is 241 g/mol. The summed E-state index contributed by atoms with van der Waals surface area (Å²) in [7, 11) is 0. The molecule has 0 aliphatic heterocycles. The number of rotatable bonds is 3. The number of hydrogen-bond donors (Lipinski definition) is 0. The summed E-state index contributed by atoms with van der Waals surface area (Å²) in [5.41, 5.74) is 0. The molecule has 0 fully saturated rings. The quantitative estimate of drug-likeness (QED) is 0.564. The Labute approximate surface area is 77.4 Å². The van der Waals surface area contributed by atoms with Gasteiger partial charge in [-0.15, -0.1) is 0 Å². The maximum atomic E-state index is 12.2. The van der Waals surface area contributed by atoms with Crippen molar-refractivity contribution < 1.29 is 45.4 Å². The van der Waals surface area contributed by atoms with E-state index >= 15 is 0 Å². The molecule has 0 aromatic rings. The van der Waals surface area contributed by atoms with E-state index in [9.17, 15) is 40.6 Å². The minimum Gasteiger partial charge on any atom is -0.425 e. The molecule has 0 saturated heterocycles. The van der Waals surface area contributed by atoms with Crippen molar-refractivity contribution in [3.63, 3.8) is 0 Å². The van der Waals surface area contributed by atoms with Crippen molar-refractivity contribution in [2.45, 2.75) is 18.0 Å². The van der Waals surface area contributed by atoms with Crippen LogP contribution in [0.1, 0.15) is 0 Å². The highest BCUT2D eigenvalue weighted by atomic mass is 19.4. The second-order valence-corrected chi connectivity index (χ2v) is 2.32. The van der Waals surface area contributed by atoms with Crippen LogP contribution in [0.5, 0.6) is 0 Å². The normalized spacial score (nSPS) is 13.8. The fourth-order valence-electron chi connectivity index (χ4n) is 0.448. The van der Waals surface area contributed by atoms with Crippen molar-refractivity contribution in [2.75, 3.05) is 6.61 Å². The van der Waals surface area contributed by atoms with Gasteiger partial charge >= 0.3 is 24.2 Å². The summed E-state index contributed by atoms with van der Waals surface area (Å²) in [6.07, 6.45) is -9.14. The molecule has 3 nitrogen and oxygen atoms in total. The minimum absolute atomic E-state index is 2.63. The lowest BCUT2D eigenvalue weighted by molar-refractivity contribution is -0.359. The second kappa shape index (κ2) is 3.74. The smallest absolute Gasteiger partial charge is 0.425 e. The molecule has 10 heteroatoms. The number of alkyl halides is 7. The standard InChI is InChI=1S/C5H2F7O3/c6-3(7,1-15-2(13)14)4(8,9)5(10,11)12/h1H2. The van der Waals surface area contributed by atoms with Crippen LogP contribution in [-0.4, -0.2) is 30.8 Å². The minimum atomic E-state index is -6.51. The highest BCUT2D eigenvalue weighted by molar-refractivity contribution is 5.56. The van der Waals surface area contributed by atoms with Gasteiger partial charge in [-0.05, 0) is 0 Å². The molecule has 0 amide bonds. The van der Waals surface area contributed by atoms with E-state index in [2.05, 4.69) is 4.74 Å². The number of halogens is 7. The van der Waals surface area contributed by atoms with Gasteiger partial charge in [0.2, 0.25) is 0 Å². The molecule has 0 aliphatic carbocycles. The molecule has 89 valence electrons. The zero-order chi connectivity index (χ0) is 12.5. The van der Waals surface area contributed by atoms with E-state index in [0.717, 1.165) is 0 Å². The predicted octanol–water partition coefficient (Wildman–Crippen LogP) is 2.39. The number of hydrogen-bond acceptors (Lipinski definition) is 2. The van der Waals surface area contributed by atoms with E-state index in [0.29, 0.717) is 0 Å². The lowest BCUT2D eigenvalue weighted by atomic mass is 10.2. The van der Waals surface area contributed by atoms with Crippen LogP contribution in [0.15, 0.2) is 0 Å². The van der Waals surface area contributed by atoms with Gasteiger partial charge in [-0.3, -0.25) is 0 Å². The van der Waals surface area contributed by atoms with Gasteiger partial charge in [0, 0.05) is 0 Å². The van der Waals surface area contributed by atoms with Crippen molar-refractivity contribution in [3.05, 3.63) is 0 Å². The van der Waals surface area contributed by atoms with E-state index in [-0.39, 0.29) is 0 Å². The predicted molar refractivity (Wildman–Crippen MR) is 28.0 cm³/mol. The molecule has 0 aromatic carbocycles. The van der Waals surface area contributed by atoms with Crippen LogP contribution in [0, 0.1) is 0 Å². The first-order chi connectivity index (χ1) is 6.42. The van der Waals surface area contributed by atoms with Gasteiger partial charge in [-0.1, -0.05) is 0 Å². The van der Waals surface area contributed by atoms with Crippen LogP contribution < -0.4 is 0 Å². The molecule has 0 saturated carbocycles. The summed E-state index contributed by atoms with van der Waals surface area (Å²) in [5.74, 6) is -12.1. The van der Waals surface area contributed by atoms with Crippen molar-refractivity contribution in [1.82, 2.24) is 0 Å². The summed E-state index contributed by atoms with van der Waals surface area (Å²) in [6, 6.07) is 0. The maximum absolute atomic E-state index is 12.2. The third kappa shape index (κ3) is 2.86. The largest absolute Gasteiger partial charge is 0.550 e. The molecule has 0 spiro atoms. The van der Waals surface area contributed by atoms with E-state index in [1.54, 1.807) is 0 Å². The molecule has 15 heavy (non-hydrogen) atoms. The lowest BCUT2D eigenvalue weighted by Crippen LogP contribution is -2.54. The molecule has 0 atom stereocenters. The van der Waals surface area contributed by atoms with Gasteiger partial charge < -0.3 is 4.74 Å². The van der Waals surface area contributed by atoms with Crippen molar-refractivity contribution in [2.24, 2.45) is 0 Å². The van der Waals surface area contributed by atoms with Gasteiger partial charge in [-0.2, -0.15) is 40.6 Å². The molecule has 0 heterocycles. The highest BCUT2D eigenvalue weighted by Gasteiger charge is 2.73. The lowest BCUT2D eigenvalue weighted by Gasteiger charge is -2.26. The Hall–Kier alpha value is -1.22. The first kappa shape index (κ1) is 13.8. The topological polar surface area (TPSA) is 46.2 Å². The Balaban J connectivity index is 4.77. The maximum Gasteiger partial charge on any atom is 0.550 e. The van der Waals surface area contributed by atoms with E-state index < -0.39 is 30.8 Å². The monoisotopic (exact) mass is 243 g/mol. The van der Waals surface area contributed by atoms with Crippen molar-refractivity contribution >= 4 is 6.16 Å². The Kier molecular flexibility index (Phi) is 3.43. The van der Waals surface area contributed by atoms with Gasteiger partial charge in [0.1, 0.15) is 0 Å². The Morgan fingerprint density at radius 2 is 1.40 bits per heavy atom. The van der Waals surface area contributed by atoms with E-state index in [1.165, 1.54) is 0 Å². The molecule has 0 aromatic heterocycles. The van der Waals surface area contributed by atoms with Crippen LogP contribution in [0.3, 0.4) is 0 Å². The van der Waals surface area contributed by atoms with E-state index in [1.807, 2.05) is 0 Å². The van der Waals surface area contributed by atoms with E-state index in [4.69, 9.17) is 0 Å². The Morgan fingerprint density at radius 3 is 1.67 bits per heavy atom. The molecule has 0 aliphatic rings. The zero-order valence-corrected chi connectivity index (χ0v) is 6.58. The number of ether oxygens (including phenoxy) is 1. The number of carbonyl (C=O) groups is 1. The fourth-order valence-corrected chi connectivity index (χ4v) is 0.448. The highest BCUT2D eigenvalue weighted by Crippen LogP contribution is 2.46. The average molecular weight is 243 g/mol.